The van der Waals surface area contributed by atoms with E-state index in [9.17, 15) is 13.2 Å². The molecule has 1 aromatic rings. The molecule has 3 N–H and O–H groups in total. The number of nitrogens with one attached hydrogen (secondary N) is 1. The highest BCUT2D eigenvalue weighted by Gasteiger charge is 2.18. The van der Waals surface area contributed by atoms with Crippen molar-refractivity contribution in [1.29, 1.82) is 0 Å². The van der Waals surface area contributed by atoms with Crippen molar-refractivity contribution >= 4 is 15.9 Å². The summed E-state index contributed by atoms with van der Waals surface area (Å²) in [7, 11) is -3.82. The standard InChI is InChI=1S/C14H22N2O3S/c1-5-11(6-2)16-14(17)13-8-12(20(15,18)19)7-9(3)10(13)4/h7-8,11H,5-6H2,1-4H3,(H,16,17)(H2,15,18,19). The zero-order chi connectivity index (χ0) is 15.5. The first-order valence-electron chi connectivity index (χ1n) is 6.65. The molecule has 0 spiro atoms. The molecule has 0 saturated carbocycles. The summed E-state index contributed by atoms with van der Waals surface area (Å²) in [5.74, 6) is -0.259. The average molecular weight is 298 g/mol. The fourth-order valence-electron chi connectivity index (χ4n) is 1.98. The molecule has 0 radical (unpaired) electrons. The molecule has 0 fully saturated rings. The van der Waals surface area contributed by atoms with E-state index in [2.05, 4.69) is 5.32 Å². The number of carbonyl (C=O) groups excluding carboxylic acids is 1. The largest absolute Gasteiger partial charge is 0.349 e. The van der Waals surface area contributed by atoms with Crippen molar-refractivity contribution in [3.8, 4) is 0 Å². The van der Waals surface area contributed by atoms with E-state index in [1.165, 1.54) is 12.1 Å². The molecule has 0 unspecified atom stereocenters. The van der Waals surface area contributed by atoms with Gasteiger partial charge in [-0.25, -0.2) is 13.6 Å². The van der Waals surface area contributed by atoms with Gasteiger partial charge in [0.2, 0.25) is 10.0 Å². The molecule has 0 saturated heterocycles. The molecule has 0 aliphatic rings. The quantitative estimate of drug-likeness (QED) is 0.869. The molecule has 0 aliphatic carbocycles. The second-order valence-electron chi connectivity index (χ2n) is 4.94. The highest BCUT2D eigenvalue weighted by Crippen LogP contribution is 2.19. The van der Waals surface area contributed by atoms with E-state index in [0.717, 1.165) is 24.0 Å². The minimum atomic E-state index is -3.82. The van der Waals surface area contributed by atoms with Crippen LogP contribution in [0.4, 0.5) is 0 Å². The molecule has 20 heavy (non-hydrogen) atoms. The number of primary sulfonamides is 1. The Labute approximate surface area is 120 Å². The number of benzene rings is 1. The number of amides is 1. The maximum absolute atomic E-state index is 12.3. The van der Waals surface area contributed by atoms with Crippen LogP contribution >= 0.6 is 0 Å². The molecular weight excluding hydrogens is 276 g/mol. The Hall–Kier alpha value is -1.40. The summed E-state index contributed by atoms with van der Waals surface area (Å²) in [6, 6.07) is 2.91. The van der Waals surface area contributed by atoms with Gasteiger partial charge in [-0.15, -0.1) is 0 Å². The average Bonchev–Trinajstić information content (AvgIpc) is 2.37. The lowest BCUT2D eigenvalue weighted by molar-refractivity contribution is 0.0934. The molecule has 1 amide bonds. The number of carbonyl (C=O) groups is 1. The third-order valence-electron chi connectivity index (χ3n) is 3.53. The van der Waals surface area contributed by atoms with E-state index in [4.69, 9.17) is 5.14 Å². The van der Waals surface area contributed by atoms with Crippen LogP contribution in [0.5, 0.6) is 0 Å². The second-order valence-corrected chi connectivity index (χ2v) is 6.51. The fraction of sp³-hybridized carbons (Fsp3) is 0.500. The van der Waals surface area contributed by atoms with Gasteiger partial charge in [-0.3, -0.25) is 4.79 Å². The number of nitrogens with two attached hydrogens (primary N) is 1. The van der Waals surface area contributed by atoms with Crippen LogP contribution in [0.2, 0.25) is 0 Å². The van der Waals surface area contributed by atoms with E-state index >= 15 is 0 Å². The minimum absolute atomic E-state index is 0.0321. The van der Waals surface area contributed by atoms with Crippen LogP contribution < -0.4 is 10.5 Å². The maximum Gasteiger partial charge on any atom is 0.251 e. The van der Waals surface area contributed by atoms with Gasteiger partial charge in [-0.05, 0) is 49.9 Å². The third-order valence-corrected chi connectivity index (χ3v) is 4.43. The molecular formula is C14H22N2O3S. The van der Waals surface area contributed by atoms with Gasteiger partial charge >= 0.3 is 0 Å². The first kappa shape index (κ1) is 16.7. The number of rotatable bonds is 5. The Kier molecular flexibility index (Phi) is 5.30. The Morgan fingerprint density at radius 3 is 2.25 bits per heavy atom. The summed E-state index contributed by atoms with van der Waals surface area (Å²) < 4.78 is 22.9. The van der Waals surface area contributed by atoms with Gasteiger partial charge in [0.15, 0.2) is 0 Å². The second kappa shape index (κ2) is 6.37. The van der Waals surface area contributed by atoms with Gasteiger partial charge in [0.05, 0.1) is 4.90 Å². The van der Waals surface area contributed by atoms with Crippen LogP contribution in [0, 0.1) is 13.8 Å². The Morgan fingerprint density at radius 2 is 1.80 bits per heavy atom. The van der Waals surface area contributed by atoms with Gasteiger partial charge in [0.25, 0.3) is 5.91 Å². The van der Waals surface area contributed by atoms with Crippen molar-refractivity contribution in [2.75, 3.05) is 0 Å². The van der Waals surface area contributed by atoms with Crippen molar-refractivity contribution in [3.05, 3.63) is 28.8 Å². The van der Waals surface area contributed by atoms with Crippen LogP contribution in [-0.2, 0) is 10.0 Å². The van der Waals surface area contributed by atoms with Crippen molar-refractivity contribution < 1.29 is 13.2 Å². The van der Waals surface area contributed by atoms with Gasteiger partial charge in [-0.1, -0.05) is 13.8 Å². The molecule has 112 valence electrons. The normalized spacial score (nSPS) is 11.7. The van der Waals surface area contributed by atoms with Crippen molar-refractivity contribution in [2.45, 2.75) is 51.5 Å². The summed E-state index contributed by atoms with van der Waals surface area (Å²) in [5, 5.41) is 8.04. The van der Waals surface area contributed by atoms with Gasteiger partial charge in [0.1, 0.15) is 0 Å². The molecule has 1 aromatic carbocycles. The Balaban J connectivity index is 3.24. The monoisotopic (exact) mass is 298 g/mol. The first-order valence-corrected chi connectivity index (χ1v) is 8.20. The summed E-state index contributed by atoms with van der Waals surface area (Å²) in [5.41, 5.74) is 1.85. The summed E-state index contributed by atoms with van der Waals surface area (Å²) in [6.07, 6.45) is 1.66. The maximum atomic E-state index is 12.3. The lowest BCUT2D eigenvalue weighted by Gasteiger charge is -2.17. The van der Waals surface area contributed by atoms with Crippen molar-refractivity contribution in [2.24, 2.45) is 5.14 Å². The number of hydrogen-bond acceptors (Lipinski definition) is 3. The van der Waals surface area contributed by atoms with E-state index < -0.39 is 10.0 Å². The van der Waals surface area contributed by atoms with Crippen LogP contribution in [0.15, 0.2) is 17.0 Å². The van der Waals surface area contributed by atoms with Gasteiger partial charge < -0.3 is 5.32 Å². The molecule has 0 bridgehead atoms. The molecule has 0 atom stereocenters. The van der Waals surface area contributed by atoms with E-state index in [1.54, 1.807) is 13.8 Å². The highest BCUT2D eigenvalue weighted by atomic mass is 32.2. The number of aryl methyl sites for hydroxylation is 1. The number of sulfonamides is 1. The van der Waals surface area contributed by atoms with Crippen LogP contribution in [0.25, 0.3) is 0 Å². The predicted molar refractivity (Wildman–Crippen MR) is 79.1 cm³/mol. The summed E-state index contributed by atoms with van der Waals surface area (Å²) in [6.45, 7) is 7.54. The fourth-order valence-corrected chi connectivity index (χ4v) is 2.61. The molecule has 0 aromatic heterocycles. The number of hydrogen-bond donors (Lipinski definition) is 2. The van der Waals surface area contributed by atoms with Crippen LogP contribution in [0.1, 0.15) is 48.2 Å². The zero-order valence-electron chi connectivity index (χ0n) is 12.4. The zero-order valence-corrected chi connectivity index (χ0v) is 13.2. The smallest absolute Gasteiger partial charge is 0.251 e. The molecule has 0 aliphatic heterocycles. The first-order chi connectivity index (χ1) is 9.20. The SMILES string of the molecule is CCC(CC)NC(=O)c1cc(S(N)(=O)=O)cc(C)c1C. The predicted octanol–water partition coefficient (Wildman–Crippen LogP) is 1.87. The van der Waals surface area contributed by atoms with Crippen LogP contribution in [0.3, 0.4) is 0 Å². The van der Waals surface area contributed by atoms with Crippen molar-refractivity contribution in [3.63, 3.8) is 0 Å². The highest BCUT2D eigenvalue weighted by molar-refractivity contribution is 7.89. The minimum Gasteiger partial charge on any atom is -0.349 e. The molecule has 1 rings (SSSR count). The molecule has 0 heterocycles. The molecule has 6 heteroatoms. The van der Waals surface area contributed by atoms with Crippen LogP contribution in [-0.4, -0.2) is 20.4 Å². The summed E-state index contributed by atoms with van der Waals surface area (Å²) in [4.78, 5) is 12.2. The van der Waals surface area contributed by atoms with E-state index in [-0.39, 0.29) is 16.8 Å². The lowest BCUT2D eigenvalue weighted by Crippen LogP contribution is -2.34. The third kappa shape index (κ3) is 3.80. The Bertz CT molecular complexity index is 605. The topological polar surface area (TPSA) is 89.3 Å². The van der Waals surface area contributed by atoms with Gasteiger partial charge in [-0.2, -0.15) is 0 Å². The van der Waals surface area contributed by atoms with Crippen molar-refractivity contribution in [1.82, 2.24) is 5.32 Å². The molecule has 5 nitrogen and oxygen atoms in total. The lowest BCUT2D eigenvalue weighted by atomic mass is 10.0. The summed E-state index contributed by atoms with van der Waals surface area (Å²) >= 11 is 0. The Morgan fingerprint density at radius 1 is 1.25 bits per heavy atom. The van der Waals surface area contributed by atoms with Gasteiger partial charge in [0, 0.05) is 11.6 Å². The van der Waals surface area contributed by atoms with E-state index in [1.807, 2.05) is 13.8 Å². The van der Waals surface area contributed by atoms with E-state index in [0.29, 0.717) is 5.56 Å².